The van der Waals surface area contributed by atoms with Crippen LogP contribution in [0.1, 0.15) is 12.8 Å². The number of carbonyl (C=O) groups is 1. The summed E-state index contributed by atoms with van der Waals surface area (Å²) in [5, 5.41) is 3.37. The highest BCUT2D eigenvalue weighted by atomic mass is 79.9. The predicted octanol–water partition coefficient (Wildman–Crippen LogP) is 0.985. The third-order valence-corrected chi connectivity index (χ3v) is 1.84. The van der Waals surface area contributed by atoms with E-state index < -0.39 is 0 Å². The standard InChI is InChI=1S/C7H9BrN4O/c8-3-1-2-6(13)12-7-10-4-9-5-11-7/h4-5H,1-3H2,(H,9,10,11,12,13). The molecule has 0 bridgehead atoms. The number of nitrogens with one attached hydrogen (secondary N) is 1. The summed E-state index contributed by atoms with van der Waals surface area (Å²) in [6, 6.07) is 0. The molecule has 0 aromatic carbocycles. The zero-order valence-electron chi connectivity index (χ0n) is 6.90. The van der Waals surface area contributed by atoms with Gasteiger partial charge in [0.15, 0.2) is 0 Å². The van der Waals surface area contributed by atoms with E-state index in [1.54, 1.807) is 0 Å². The Morgan fingerprint density at radius 3 is 2.77 bits per heavy atom. The van der Waals surface area contributed by atoms with Crippen molar-refractivity contribution in [3.8, 4) is 0 Å². The van der Waals surface area contributed by atoms with Crippen LogP contribution in [0.3, 0.4) is 0 Å². The Balaban J connectivity index is 2.37. The number of amides is 1. The predicted molar refractivity (Wildman–Crippen MR) is 51.5 cm³/mol. The van der Waals surface area contributed by atoms with Gasteiger partial charge in [-0.05, 0) is 6.42 Å². The molecule has 1 heterocycles. The quantitative estimate of drug-likeness (QED) is 0.803. The molecular formula is C7H9BrN4O. The molecule has 13 heavy (non-hydrogen) atoms. The summed E-state index contributed by atoms with van der Waals surface area (Å²) in [5.41, 5.74) is 0. The maximum Gasteiger partial charge on any atom is 0.232 e. The molecule has 0 unspecified atom stereocenters. The molecule has 1 aromatic heterocycles. The van der Waals surface area contributed by atoms with Gasteiger partial charge in [0, 0.05) is 11.8 Å². The van der Waals surface area contributed by atoms with Crippen LogP contribution in [0, 0.1) is 0 Å². The SMILES string of the molecule is O=C(CCCBr)Nc1ncncn1. The monoisotopic (exact) mass is 244 g/mol. The van der Waals surface area contributed by atoms with E-state index in [-0.39, 0.29) is 5.91 Å². The first-order valence-corrected chi connectivity index (χ1v) is 4.93. The minimum atomic E-state index is -0.0781. The normalized spacial score (nSPS) is 9.62. The minimum Gasteiger partial charge on any atom is -0.294 e. The van der Waals surface area contributed by atoms with Crippen LogP contribution in [0.4, 0.5) is 5.95 Å². The second-order valence-electron chi connectivity index (χ2n) is 2.30. The van der Waals surface area contributed by atoms with Crippen LogP contribution in [0.25, 0.3) is 0 Å². The molecule has 0 aliphatic heterocycles. The smallest absolute Gasteiger partial charge is 0.232 e. The van der Waals surface area contributed by atoms with Crippen molar-refractivity contribution in [2.75, 3.05) is 10.6 Å². The lowest BCUT2D eigenvalue weighted by atomic mass is 10.3. The van der Waals surface area contributed by atoms with Crippen molar-refractivity contribution in [3.05, 3.63) is 12.7 Å². The summed E-state index contributed by atoms with van der Waals surface area (Å²) in [7, 11) is 0. The second-order valence-corrected chi connectivity index (χ2v) is 3.10. The van der Waals surface area contributed by atoms with Crippen molar-refractivity contribution in [2.45, 2.75) is 12.8 Å². The number of alkyl halides is 1. The molecule has 1 rings (SSSR count). The zero-order chi connectivity index (χ0) is 9.52. The number of nitrogens with zero attached hydrogens (tertiary/aromatic N) is 3. The van der Waals surface area contributed by atoms with Gasteiger partial charge in [-0.2, -0.15) is 0 Å². The van der Waals surface area contributed by atoms with E-state index in [2.05, 4.69) is 36.2 Å². The lowest BCUT2D eigenvalue weighted by molar-refractivity contribution is -0.116. The first-order chi connectivity index (χ1) is 6.33. The lowest BCUT2D eigenvalue weighted by Crippen LogP contribution is -2.13. The van der Waals surface area contributed by atoms with E-state index in [0.29, 0.717) is 12.4 Å². The average molecular weight is 245 g/mol. The number of carbonyl (C=O) groups excluding carboxylic acids is 1. The van der Waals surface area contributed by atoms with Gasteiger partial charge < -0.3 is 0 Å². The molecule has 5 nitrogen and oxygen atoms in total. The topological polar surface area (TPSA) is 67.8 Å². The Morgan fingerprint density at radius 1 is 1.46 bits per heavy atom. The molecule has 0 aliphatic rings. The second kappa shape index (κ2) is 5.58. The van der Waals surface area contributed by atoms with Crippen LogP contribution in [0.15, 0.2) is 12.7 Å². The first-order valence-electron chi connectivity index (χ1n) is 3.80. The third-order valence-electron chi connectivity index (χ3n) is 1.28. The van der Waals surface area contributed by atoms with Crippen molar-refractivity contribution >= 4 is 27.8 Å². The Hall–Kier alpha value is -1.04. The van der Waals surface area contributed by atoms with Crippen molar-refractivity contribution in [3.63, 3.8) is 0 Å². The fourth-order valence-electron chi connectivity index (χ4n) is 0.718. The van der Waals surface area contributed by atoms with E-state index in [1.165, 1.54) is 12.7 Å². The molecule has 0 aliphatic carbocycles. The molecule has 0 atom stereocenters. The highest BCUT2D eigenvalue weighted by Crippen LogP contribution is 1.98. The van der Waals surface area contributed by atoms with E-state index >= 15 is 0 Å². The molecule has 0 spiro atoms. The molecular weight excluding hydrogens is 236 g/mol. The van der Waals surface area contributed by atoms with Gasteiger partial charge in [-0.15, -0.1) is 0 Å². The van der Waals surface area contributed by atoms with Crippen LogP contribution in [0.2, 0.25) is 0 Å². The van der Waals surface area contributed by atoms with Gasteiger partial charge in [0.1, 0.15) is 12.7 Å². The van der Waals surface area contributed by atoms with E-state index in [4.69, 9.17) is 0 Å². The fraction of sp³-hybridized carbons (Fsp3) is 0.429. The number of halogens is 1. The summed E-state index contributed by atoms with van der Waals surface area (Å²) in [6.45, 7) is 0. The molecule has 0 saturated heterocycles. The number of rotatable bonds is 4. The summed E-state index contributed by atoms with van der Waals surface area (Å²) < 4.78 is 0. The Labute approximate surface area is 84.1 Å². The fourth-order valence-corrected chi connectivity index (χ4v) is 0.999. The lowest BCUT2D eigenvalue weighted by Gasteiger charge is -2.00. The van der Waals surface area contributed by atoms with Crippen LogP contribution >= 0.6 is 15.9 Å². The van der Waals surface area contributed by atoms with Crippen molar-refractivity contribution in [1.29, 1.82) is 0 Å². The molecule has 6 heteroatoms. The average Bonchev–Trinajstić information content (AvgIpc) is 2.16. The van der Waals surface area contributed by atoms with Gasteiger partial charge in [-0.25, -0.2) is 15.0 Å². The van der Waals surface area contributed by atoms with Gasteiger partial charge in [0.2, 0.25) is 11.9 Å². The molecule has 70 valence electrons. The highest BCUT2D eigenvalue weighted by molar-refractivity contribution is 9.09. The van der Waals surface area contributed by atoms with Gasteiger partial charge >= 0.3 is 0 Å². The number of anilines is 1. The van der Waals surface area contributed by atoms with Gasteiger partial charge in [0.25, 0.3) is 0 Å². The Kier molecular flexibility index (Phi) is 4.31. The number of aromatic nitrogens is 3. The van der Waals surface area contributed by atoms with Crippen molar-refractivity contribution < 1.29 is 4.79 Å². The van der Waals surface area contributed by atoms with E-state index in [9.17, 15) is 4.79 Å². The summed E-state index contributed by atoms with van der Waals surface area (Å²) in [6.07, 6.45) is 3.95. The van der Waals surface area contributed by atoms with Crippen molar-refractivity contribution in [2.24, 2.45) is 0 Å². The maximum absolute atomic E-state index is 11.1. The molecule has 1 amide bonds. The van der Waals surface area contributed by atoms with Gasteiger partial charge in [-0.1, -0.05) is 15.9 Å². The van der Waals surface area contributed by atoms with Crippen LogP contribution in [-0.2, 0) is 4.79 Å². The van der Waals surface area contributed by atoms with Crippen LogP contribution in [0.5, 0.6) is 0 Å². The van der Waals surface area contributed by atoms with Crippen LogP contribution in [-0.4, -0.2) is 26.2 Å². The third kappa shape index (κ3) is 3.93. The molecule has 0 saturated carbocycles. The summed E-state index contributed by atoms with van der Waals surface area (Å²) >= 11 is 3.24. The molecule has 0 radical (unpaired) electrons. The minimum absolute atomic E-state index is 0.0781. The van der Waals surface area contributed by atoms with Gasteiger partial charge in [-0.3, -0.25) is 10.1 Å². The van der Waals surface area contributed by atoms with Gasteiger partial charge in [0.05, 0.1) is 0 Å². The summed E-state index contributed by atoms with van der Waals surface area (Å²) in [4.78, 5) is 22.3. The van der Waals surface area contributed by atoms with Crippen LogP contribution < -0.4 is 5.32 Å². The Bertz CT molecular complexity index is 266. The molecule has 0 fully saturated rings. The number of hydrogen-bond donors (Lipinski definition) is 1. The Morgan fingerprint density at radius 2 is 2.15 bits per heavy atom. The van der Waals surface area contributed by atoms with E-state index in [1.807, 2.05) is 0 Å². The zero-order valence-corrected chi connectivity index (χ0v) is 8.49. The number of hydrogen-bond acceptors (Lipinski definition) is 4. The highest BCUT2D eigenvalue weighted by Gasteiger charge is 2.02. The summed E-state index contributed by atoms with van der Waals surface area (Å²) in [5.74, 6) is 0.222. The van der Waals surface area contributed by atoms with E-state index in [0.717, 1.165) is 11.8 Å². The molecule has 1 N–H and O–H groups in total. The maximum atomic E-state index is 11.1. The largest absolute Gasteiger partial charge is 0.294 e. The first kappa shape index (κ1) is 10.0. The molecule has 1 aromatic rings. The van der Waals surface area contributed by atoms with Crippen molar-refractivity contribution in [1.82, 2.24) is 15.0 Å².